The number of benzene rings is 3. The Hall–Kier alpha value is -2.39. The SMILES string of the molecule is Cc1c(CC(=O)O)cc2ccc(F)cc2c1Cc1cccc(Cl)c1. The Labute approximate surface area is 144 Å². The molecule has 24 heavy (non-hydrogen) atoms. The van der Waals surface area contributed by atoms with Gasteiger partial charge in [-0.3, -0.25) is 4.79 Å². The molecule has 1 N–H and O–H groups in total. The summed E-state index contributed by atoms with van der Waals surface area (Å²) in [5.74, 6) is -1.19. The lowest BCUT2D eigenvalue weighted by Crippen LogP contribution is -2.05. The molecule has 4 heteroatoms. The number of fused-ring (bicyclic) bond motifs is 1. The van der Waals surface area contributed by atoms with Crippen LogP contribution in [0.5, 0.6) is 0 Å². The van der Waals surface area contributed by atoms with Crippen LogP contribution in [0.1, 0.15) is 22.3 Å². The number of aliphatic carboxylic acids is 1. The summed E-state index contributed by atoms with van der Waals surface area (Å²) < 4.78 is 13.7. The predicted octanol–water partition coefficient (Wildman–Crippen LogP) is 5.16. The van der Waals surface area contributed by atoms with Crippen LogP contribution in [0.4, 0.5) is 4.39 Å². The molecule has 3 aromatic rings. The van der Waals surface area contributed by atoms with Crippen LogP contribution in [0.15, 0.2) is 48.5 Å². The minimum atomic E-state index is -0.881. The Morgan fingerprint density at radius 1 is 1.17 bits per heavy atom. The fraction of sp³-hybridized carbons (Fsp3) is 0.150. The molecule has 0 aliphatic heterocycles. The normalized spacial score (nSPS) is 11.0. The van der Waals surface area contributed by atoms with Crippen LogP contribution in [0.3, 0.4) is 0 Å². The summed E-state index contributed by atoms with van der Waals surface area (Å²) in [5, 5.41) is 11.4. The summed E-state index contributed by atoms with van der Waals surface area (Å²) in [5.41, 5.74) is 3.57. The summed E-state index contributed by atoms with van der Waals surface area (Å²) in [7, 11) is 0. The third-order valence-electron chi connectivity index (χ3n) is 4.22. The van der Waals surface area contributed by atoms with Crippen LogP contribution in [-0.4, -0.2) is 11.1 Å². The Kier molecular flexibility index (Phi) is 4.54. The van der Waals surface area contributed by atoms with Crippen LogP contribution < -0.4 is 0 Å². The average molecular weight is 343 g/mol. The van der Waals surface area contributed by atoms with E-state index in [-0.39, 0.29) is 12.2 Å². The number of hydrogen-bond donors (Lipinski definition) is 1. The van der Waals surface area contributed by atoms with E-state index in [1.807, 2.05) is 31.2 Å². The molecule has 0 aromatic heterocycles. The second-order valence-corrected chi connectivity index (χ2v) is 6.32. The third kappa shape index (κ3) is 3.41. The van der Waals surface area contributed by atoms with E-state index in [4.69, 9.17) is 16.7 Å². The Morgan fingerprint density at radius 2 is 1.96 bits per heavy atom. The molecule has 122 valence electrons. The molecule has 3 aromatic carbocycles. The molecule has 0 bridgehead atoms. The van der Waals surface area contributed by atoms with Crippen molar-refractivity contribution >= 4 is 28.3 Å². The summed E-state index contributed by atoms with van der Waals surface area (Å²) in [4.78, 5) is 11.1. The molecule has 0 saturated carbocycles. The van der Waals surface area contributed by atoms with Crippen molar-refractivity contribution in [2.45, 2.75) is 19.8 Å². The zero-order valence-corrected chi connectivity index (χ0v) is 13.9. The first kappa shape index (κ1) is 16.5. The lowest BCUT2D eigenvalue weighted by molar-refractivity contribution is -0.136. The maximum Gasteiger partial charge on any atom is 0.307 e. The van der Waals surface area contributed by atoms with Gasteiger partial charge in [-0.1, -0.05) is 35.9 Å². The number of hydrogen-bond acceptors (Lipinski definition) is 1. The third-order valence-corrected chi connectivity index (χ3v) is 4.45. The fourth-order valence-electron chi connectivity index (χ4n) is 3.03. The molecule has 0 unspecified atom stereocenters. The van der Waals surface area contributed by atoms with Gasteiger partial charge in [0, 0.05) is 5.02 Å². The molecule has 0 spiro atoms. The number of halogens is 2. The van der Waals surface area contributed by atoms with Gasteiger partial charge in [0.1, 0.15) is 5.82 Å². The number of carboxylic acid groups (broad SMARTS) is 1. The van der Waals surface area contributed by atoms with Gasteiger partial charge in [-0.25, -0.2) is 4.39 Å². The summed E-state index contributed by atoms with van der Waals surface area (Å²) in [6, 6.07) is 13.9. The monoisotopic (exact) mass is 342 g/mol. The van der Waals surface area contributed by atoms with Gasteiger partial charge in [0.2, 0.25) is 0 Å². The minimum Gasteiger partial charge on any atom is -0.481 e. The van der Waals surface area contributed by atoms with Gasteiger partial charge < -0.3 is 5.11 Å². The predicted molar refractivity (Wildman–Crippen MR) is 94.2 cm³/mol. The van der Waals surface area contributed by atoms with E-state index in [9.17, 15) is 9.18 Å². The molecule has 0 heterocycles. The highest BCUT2D eigenvalue weighted by Gasteiger charge is 2.14. The number of carbonyl (C=O) groups is 1. The standard InChI is InChI=1S/C20H16ClFO2/c1-12-15(10-20(23)24)9-14-5-6-17(22)11-19(14)18(12)8-13-3-2-4-16(21)7-13/h2-7,9,11H,8,10H2,1H3,(H,23,24). The minimum absolute atomic E-state index is 0.0539. The second kappa shape index (κ2) is 6.62. The summed E-state index contributed by atoms with van der Waals surface area (Å²) in [6.45, 7) is 1.89. The maximum absolute atomic E-state index is 13.7. The quantitative estimate of drug-likeness (QED) is 0.711. The molecular weight excluding hydrogens is 327 g/mol. The lowest BCUT2D eigenvalue weighted by atomic mass is 9.90. The molecule has 0 fully saturated rings. The molecule has 0 aliphatic rings. The molecule has 0 radical (unpaired) electrons. The Bertz CT molecular complexity index is 934. The molecule has 0 amide bonds. The Balaban J connectivity index is 2.20. The average Bonchev–Trinajstić information content (AvgIpc) is 2.51. The van der Waals surface area contributed by atoms with Crippen LogP contribution >= 0.6 is 11.6 Å². The molecular formula is C20H16ClFO2. The molecule has 0 saturated heterocycles. The maximum atomic E-state index is 13.7. The van der Waals surface area contributed by atoms with Crippen molar-refractivity contribution in [1.82, 2.24) is 0 Å². The smallest absolute Gasteiger partial charge is 0.307 e. The van der Waals surface area contributed by atoms with E-state index in [1.165, 1.54) is 12.1 Å². The lowest BCUT2D eigenvalue weighted by Gasteiger charge is -2.15. The van der Waals surface area contributed by atoms with Crippen molar-refractivity contribution in [3.8, 4) is 0 Å². The summed E-state index contributed by atoms with van der Waals surface area (Å²) in [6.07, 6.45) is 0.515. The van der Waals surface area contributed by atoms with Gasteiger partial charge in [0.05, 0.1) is 6.42 Å². The highest BCUT2D eigenvalue weighted by atomic mass is 35.5. The van der Waals surface area contributed by atoms with Gasteiger partial charge in [-0.15, -0.1) is 0 Å². The van der Waals surface area contributed by atoms with E-state index in [0.717, 1.165) is 33.0 Å². The van der Waals surface area contributed by atoms with E-state index in [2.05, 4.69) is 0 Å². The van der Waals surface area contributed by atoms with Crippen LogP contribution in [-0.2, 0) is 17.6 Å². The van der Waals surface area contributed by atoms with Crippen molar-refractivity contribution < 1.29 is 14.3 Å². The summed E-state index contributed by atoms with van der Waals surface area (Å²) >= 11 is 6.06. The second-order valence-electron chi connectivity index (χ2n) is 5.88. The molecule has 2 nitrogen and oxygen atoms in total. The van der Waals surface area contributed by atoms with E-state index >= 15 is 0 Å². The van der Waals surface area contributed by atoms with Gasteiger partial charge >= 0.3 is 5.97 Å². The number of rotatable bonds is 4. The largest absolute Gasteiger partial charge is 0.481 e. The first-order valence-corrected chi connectivity index (χ1v) is 7.98. The highest BCUT2D eigenvalue weighted by molar-refractivity contribution is 6.30. The van der Waals surface area contributed by atoms with Crippen LogP contribution in [0.25, 0.3) is 10.8 Å². The van der Waals surface area contributed by atoms with E-state index < -0.39 is 5.97 Å². The van der Waals surface area contributed by atoms with Gasteiger partial charge in [0.15, 0.2) is 0 Å². The van der Waals surface area contributed by atoms with E-state index in [1.54, 1.807) is 12.1 Å². The molecule has 0 atom stereocenters. The van der Waals surface area contributed by atoms with Crippen LogP contribution in [0, 0.1) is 12.7 Å². The number of carboxylic acids is 1. The van der Waals surface area contributed by atoms with Gasteiger partial charge in [-0.2, -0.15) is 0 Å². The van der Waals surface area contributed by atoms with Crippen molar-refractivity contribution in [3.63, 3.8) is 0 Å². The fourth-order valence-corrected chi connectivity index (χ4v) is 3.25. The first-order chi connectivity index (χ1) is 11.4. The van der Waals surface area contributed by atoms with Crippen molar-refractivity contribution in [1.29, 1.82) is 0 Å². The highest BCUT2D eigenvalue weighted by Crippen LogP contribution is 2.29. The van der Waals surface area contributed by atoms with Gasteiger partial charge in [-0.05, 0) is 70.6 Å². The van der Waals surface area contributed by atoms with Crippen molar-refractivity contribution in [2.75, 3.05) is 0 Å². The van der Waals surface area contributed by atoms with Crippen LogP contribution in [0.2, 0.25) is 5.02 Å². The van der Waals surface area contributed by atoms with E-state index in [0.29, 0.717) is 11.4 Å². The topological polar surface area (TPSA) is 37.3 Å². The molecule has 0 aliphatic carbocycles. The zero-order chi connectivity index (χ0) is 17.3. The van der Waals surface area contributed by atoms with Crippen molar-refractivity contribution in [3.05, 3.63) is 81.6 Å². The van der Waals surface area contributed by atoms with Gasteiger partial charge in [0.25, 0.3) is 0 Å². The Morgan fingerprint density at radius 3 is 2.67 bits per heavy atom. The molecule has 3 rings (SSSR count). The van der Waals surface area contributed by atoms with Crippen molar-refractivity contribution in [2.24, 2.45) is 0 Å². The zero-order valence-electron chi connectivity index (χ0n) is 13.1. The first-order valence-electron chi connectivity index (χ1n) is 7.61.